The van der Waals surface area contributed by atoms with Crippen molar-refractivity contribution in [2.24, 2.45) is 7.05 Å². The van der Waals surface area contributed by atoms with E-state index in [9.17, 15) is 9.90 Å². The highest BCUT2D eigenvalue weighted by atomic mass is 16.6. The third kappa shape index (κ3) is 1.44. The monoisotopic (exact) mass is 263 g/mol. The molecule has 6 heteroatoms. The van der Waals surface area contributed by atoms with Crippen LogP contribution in [0.2, 0.25) is 0 Å². The van der Waals surface area contributed by atoms with E-state index >= 15 is 0 Å². The van der Waals surface area contributed by atoms with Gasteiger partial charge >= 0.3 is 0 Å². The lowest BCUT2D eigenvalue weighted by molar-refractivity contribution is -0.165. The SMILES string of the molecule is Cn1cc(C2CCC3OC4(CC(O)C4)C(=O)N32)cn1. The van der Waals surface area contributed by atoms with Crippen LogP contribution in [0.25, 0.3) is 0 Å². The van der Waals surface area contributed by atoms with Crippen LogP contribution < -0.4 is 0 Å². The number of aryl methyl sites for hydroxylation is 1. The Balaban J connectivity index is 1.63. The topological polar surface area (TPSA) is 67.6 Å². The summed E-state index contributed by atoms with van der Waals surface area (Å²) in [5, 5.41) is 13.7. The summed E-state index contributed by atoms with van der Waals surface area (Å²) in [7, 11) is 1.88. The highest BCUT2D eigenvalue weighted by Crippen LogP contribution is 2.51. The molecule has 0 aromatic carbocycles. The largest absolute Gasteiger partial charge is 0.393 e. The van der Waals surface area contributed by atoms with Crippen LogP contribution >= 0.6 is 0 Å². The molecule has 1 aromatic heterocycles. The molecule has 1 saturated carbocycles. The summed E-state index contributed by atoms with van der Waals surface area (Å²) in [6.45, 7) is 0. The number of carbonyl (C=O) groups is 1. The van der Waals surface area contributed by atoms with Gasteiger partial charge < -0.3 is 14.7 Å². The number of aromatic nitrogens is 2. The fourth-order valence-electron chi connectivity index (χ4n) is 3.63. The molecule has 2 unspecified atom stereocenters. The van der Waals surface area contributed by atoms with Gasteiger partial charge in [0.25, 0.3) is 5.91 Å². The first-order valence-electron chi connectivity index (χ1n) is 6.76. The average Bonchev–Trinajstić information content (AvgIpc) is 2.96. The van der Waals surface area contributed by atoms with Crippen molar-refractivity contribution in [1.82, 2.24) is 14.7 Å². The van der Waals surface area contributed by atoms with Crippen molar-refractivity contribution in [3.63, 3.8) is 0 Å². The highest BCUT2D eigenvalue weighted by Gasteiger charge is 2.62. The number of amides is 1. The van der Waals surface area contributed by atoms with Gasteiger partial charge in [-0.3, -0.25) is 9.48 Å². The van der Waals surface area contributed by atoms with Gasteiger partial charge in [0, 0.05) is 31.6 Å². The van der Waals surface area contributed by atoms with Crippen molar-refractivity contribution in [2.75, 3.05) is 0 Å². The van der Waals surface area contributed by atoms with Crippen molar-refractivity contribution < 1.29 is 14.6 Å². The lowest BCUT2D eigenvalue weighted by atomic mass is 9.76. The van der Waals surface area contributed by atoms with Gasteiger partial charge in [-0.1, -0.05) is 0 Å². The number of rotatable bonds is 1. The zero-order valence-corrected chi connectivity index (χ0v) is 10.8. The quantitative estimate of drug-likeness (QED) is 0.793. The minimum atomic E-state index is -0.731. The van der Waals surface area contributed by atoms with E-state index in [2.05, 4.69) is 5.10 Å². The number of hydrogen-bond acceptors (Lipinski definition) is 4. The van der Waals surface area contributed by atoms with E-state index in [1.165, 1.54) is 0 Å². The summed E-state index contributed by atoms with van der Waals surface area (Å²) in [4.78, 5) is 14.5. The second kappa shape index (κ2) is 3.58. The first-order chi connectivity index (χ1) is 9.09. The third-order valence-electron chi connectivity index (χ3n) is 4.56. The molecule has 1 N–H and O–H groups in total. The fraction of sp³-hybridized carbons (Fsp3) is 0.692. The smallest absolute Gasteiger partial charge is 0.257 e. The molecule has 0 radical (unpaired) electrons. The Labute approximate surface area is 110 Å². The second-order valence-corrected chi connectivity index (χ2v) is 5.88. The summed E-state index contributed by atoms with van der Waals surface area (Å²) < 4.78 is 7.70. The zero-order chi connectivity index (χ0) is 13.2. The van der Waals surface area contributed by atoms with Crippen LogP contribution in [0.4, 0.5) is 0 Å². The predicted octanol–water partition coefficient (Wildman–Crippen LogP) is 0.333. The number of fused-ring (bicyclic) bond motifs is 1. The summed E-state index contributed by atoms with van der Waals surface area (Å²) in [6.07, 6.45) is 5.94. The van der Waals surface area contributed by atoms with Crippen molar-refractivity contribution in [2.45, 2.75) is 49.7 Å². The minimum absolute atomic E-state index is 0.0501. The van der Waals surface area contributed by atoms with Crippen LogP contribution in [0.15, 0.2) is 12.4 Å². The summed E-state index contributed by atoms with van der Waals surface area (Å²) in [5.74, 6) is 0.0501. The van der Waals surface area contributed by atoms with Crippen LogP contribution in [0, 0.1) is 0 Å². The number of hydrogen-bond donors (Lipinski definition) is 1. The molecular formula is C13H17N3O3. The molecule has 0 bridgehead atoms. The molecule has 6 nitrogen and oxygen atoms in total. The molecule has 3 fully saturated rings. The lowest BCUT2D eigenvalue weighted by Gasteiger charge is -2.39. The van der Waals surface area contributed by atoms with Gasteiger partial charge in [0.1, 0.15) is 6.23 Å². The van der Waals surface area contributed by atoms with Gasteiger partial charge in [0.2, 0.25) is 0 Å². The van der Waals surface area contributed by atoms with Gasteiger partial charge in [0.05, 0.1) is 18.3 Å². The van der Waals surface area contributed by atoms with Gasteiger partial charge in [-0.15, -0.1) is 0 Å². The van der Waals surface area contributed by atoms with E-state index in [1.807, 2.05) is 24.3 Å². The van der Waals surface area contributed by atoms with Gasteiger partial charge in [-0.25, -0.2) is 0 Å². The molecular weight excluding hydrogens is 246 g/mol. The Morgan fingerprint density at radius 3 is 2.89 bits per heavy atom. The van der Waals surface area contributed by atoms with Crippen molar-refractivity contribution in [3.05, 3.63) is 18.0 Å². The first kappa shape index (κ1) is 11.4. The molecule has 1 aromatic rings. The van der Waals surface area contributed by atoms with Crippen LogP contribution in [-0.4, -0.2) is 43.6 Å². The van der Waals surface area contributed by atoms with Gasteiger partial charge in [-0.05, 0) is 12.8 Å². The minimum Gasteiger partial charge on any atom is -0.393 e. The molecule has 2 atom stereocenters. The van der Waals surface area contributed by atoms with Crippen LogP contribution in [0.5, 0.6) is 0 Å². The molecule has 3 aliphatic rings. The van der Waals surface area contributed by atoms with Crippen LogP contribution in [0.1, 0.15) is 37.3 Å². The number of aliphatic hydroxyl groups is 1. The predicted molar refractivity (Wildman–Crippen MR) is 64.9 cm³/mol. The van der Waals surface area contributed by atoms with Crippen LogP contribution in [-0.2, 0) is 16.6 Å². The van der Waals surface area contributed by atoms with E-state index in [0.717, 1.165) is 18.4 Å². The van der Waals surface area contributed by atoms with E-state index in [4.69, 9.17) is 4.74 Å². The van der Waals surface area contributed by atoms with Crippen molar-refractivity contribution >= 4 is 5.91 Å². The molecule has 1 aliphatic carbocycles. The summed E-state index contributed by atoms with van der Waals surface area (Å²) in [6, 6.07) is 0.0725. The van der Waals surface area contributed by atoms with E-state index < -0.39 is 5.60 Å². The number of carbonyl (C=O) groups excluding carboxylic acids is 1. The Morgan fingerprint density at radius 2 is 2.26 bits per heavy atom. The lowest BCUT2D eigenvalue weighted by Crippen LogP contribution is -2.54. The van der Waals surface area contributed by atoms with E-state index in [0.29, 0.717) is 12.8 Å². The Morgan fingerprint density at radius 1 is 1.47 bits per heavy atom. The molecule has 2 aliphatic heterocycles. The maximum Gasteiger partial charge on any atom is 0.257 e. The molecule has 2 saturated heterocycles. The maximum atomic E-state index is 12.6. The second-order valence-electron chi connectivity index (χ2n) is 5.88. The molecule has 19 heavy (non-hydrogen) atoms. The van der Waals surface area contributed by atoms with Crippen molar-refractivity contribution in [3.8, 4) is 0 Å². The average molecular weight is 263 g/mol. The van der Waals surface area contributed by atoms with E-state index in [1.54, 1.807) is 4.68 Å². The Bertz CT molecular complexity index is 535. The Hall–Kier alpha value is -1.40. The first-order valence-corrected chi connectivity index (χ1v) is 6.76. The van der Waals surface area contributed by atoms with Gasteiger partial charge in [-0.2, -0.15) is 5.10 Å². The van der Waals surface area contributed by atoms with Gasteiger partial charge in [0.15, 0.2) is 5.60 Å². The standard InChI is InChI=1S/C13H17N3O3/c1-15-7-8(6-14-15)10-2-3-11-16(10)12(18)13(19-11)4-9(17)5-13/h6-7,9-11,17H,2-5H2,1H3. The molecule has 1 spiro atoms. The summed E-state index contributed by atoms with van der Waals surface area (Å²) in [5.41, 5.74) is 0.337. The molecule has 4 rings (SSSR count). The maximum absolute atomic E-state index is 12.6. The summed E-state index contributed by atoms with van der Waals surface area (Å²) >= 11 is 0. The number of aliphatic hydroxyl groups excluding tert-OH is 1. The number of ether oxygens (including phenoxy) is 1. The van der Waals surface area contributed by atoms with E-state index in [-0.39, 0.29) is 24.3 Å². The highest BCUT2D eigenvalue weighted by molar-refractivity contribution is 5.89. The normalized spacial score (nSPS) is 40.8. The van der Waals surface area contributed by atoms with Crippen LogP contribution in [0.3, 0.4) is 0 Å². The fourth-order valence-corrected chi connectivity index (χ4v) is 3.63. The molecule has 1 amide bonds. The number of nitrogens with zero attached hydrogens (tertiary/aromatic N) is 3. The molecule has 102 valence electrons. The molecule has 3 heterocycles. The van der Waals surface area contributed by atoms with Crippen molar-refractivity contribution in [1.29, 1.82) is 0 Å². The third-order valence-corrected chi connectivity index (χ3v) is 4.56. The Kier molecular flexibility index (Phi) is 2.15. The zero-order valence-electron chi connectivity index (χ0n) is 10.8.